The highest BCUT2D eigenvalue weighted by molar-refractivity contribution is 7.05. The quantitative estimate of drug-likeness (QED) is 0.645. The average molecular weight is 157 g/mol. The minimum absolute atomic E-state index is 0.821. The van der Waals surface area contributed by atoms with Crippen molar-refractivity contribution >= 4 is 17.5 Å². The Kier molecular flexibility index (Phi) is 2.21. The van der Waals surface area contributed by atoms with Gasteiger partial charge in [-0.05, 0) is 18.0 Å². The zero-order chi connectivity index (χ0) is 7.56. The Labute approximate surface area is 64.9 Å². The van der Waals surface area contributed by atoms with Gasteiger partial charge in [0, 0.05) is 14.1 Å². The van der Waals surface area contributed by atoms with Crippen LogP contribution in [0.15, 0.2) is 0 Å². The molecule has 0 bridgehead atoms. The molecule has 0 aliphatic rings. The predicted molar refractivity (Wildman–Crippen MR) is 43.6 cm³/mol. The summed E-state index contributed by atoms with van der Waals surface area (Å²) >= 11 is 1.48. The number of anilines is 1. The van der Waals surface area contributed by atoms with Gasteiger partial charge in [-0.15, -0.1) is 0 Å². The second-order valence-electron chi connectivity index (χ2n) is 2.24. The molecule has 1 rings (SSSR count). The van der Waals surface area contributed by atoms with Gasteiger partial charge in [-0.3, -0.25) is 0 Å². The molecule has 0 aromatic carbocycles. The molecule has 0 aliphatic heterocycles. The maximum Gasteiger partial charge on any atom is 0.236 e. The van der Waals surface area contributed by atoms with Gasteiger partial charge in [0.25, 0.3) is 0 Å². The fourth-order valence-electron chi connectivity index (χ4n) is 0.571. The minimum atomic E-state index is 0.821. The molecule has 1 aromatic rings. The Bertz CT molecular complexity index is 207. The fourth-order valence-corrected chi connectivity index (χ4v) is 1.21. The Balaban J connectivity index is 2.78. The van der Waals surface area contributed by atoms with Crippen LogP contribution in [-0.2, 0) is 6.42 Å². The summed E-state index contributed by atoms with van der Waals surface area (Å²) in [7, 11) is 3.89. The van der Waals surface area contributed by atoms with E-state index in [4.69, 9.17) is 0 Å². The van der Waals surface area contributed by atoms with E-state index in [9.17, 15) is 0 Å². The van der Waals surface area contributed by atoms with Crippen LogP contribution in [0.5, 0.6) is 0 Å². The van der Waals surface area contributed by atoms with Crippen molar-refractivity contribution in [3.63, 3.8) is 0 Å². The van der Waals surface area contributed by atoms with Crippen molar-refractivity contribution in [2.45, 2.75) is 13.3 Å². The third kappa shape index (κ3) is 1.44. The molecule has 56 valence electrons. The van der Waals surface area contributed by atoms with Crippen molar-refractivity contribution in [3.8, 4) is 0 Å². The first-order valence-electron chi connectivity index (χ1n) is 3.24. The highest BCUT2D eigenvalue weighted by atomic mass is 32.1. The molecule has 0 saturated heterocycles. The van der Waals surface area contributed by atoms with Gasteiger partial charge in [0.2, 0.25) is 5.95 Å². The van der Waals surface area contributed by atoms with Gasteiger partial charge in [-0.25, -0.2) is 4.98 Å². The van der Waals surface area contributed by atoms with Crippen molar-refractivity contribution in [3.05, 3.63) is 5.01 Å². The topological polar surface area (TPSA) is 29.0 Å². The van der Waals surface area contributed by atoms with Crippen LogP contribution < -0.4 is 4.90 Å². The summed E-state index contributed by atoms with van der Waals surface area (Å²) in [6.07, 6.45) is 0.978. The Morgan fingerprint density at radius 2 is 2.20 bits per heavy atom. The van der Waals surface area contributed by atoms with E-state index in [0.717, 1.165) is 17.4 Å². The summed E-state index contributed by atoms with van der Waals surface area (Å²) in [6, 6.07) is 0. The summed E-state index contributed by atoms with van der Waals surface area (Å²) < 4.78 is 4.14. The molecule has 0 fully saturated rings. The first-order chi connectivity index (χ1) is 4.74. The lowest BCUT2D eigenvalue weighted by Gasteiger charge is -2.03. The molecule has 0 atom stereocenters. The highest BCUT2D eigenvalue weighted by Gasteiger charge is 2.01. The second-order valence-corrected chi connectivity index (χ2v) is 3.07. The van der Waals surface area contributed by atoms with Gasteiger partial charge < -0.3 is 4.90 Å². The van der Waals surface area contributed by atoms with E-state index in [1.807, 2.05) is 19.0 Å². The molecule has 1 heterocycles. The summed E-state index contributed by atoms with van der Waals surface area (Å²) in [6.45, 7) is 2.08. The van der Waals surface area contributed by atoms with E-state index < -0.39 is 0 Å². The average Bonchev–Trinajstić information content (AvgIpc) is 2.34. The van der Waals surface area contributed by atoms with Gasteiger partial charge in [-0.1, -0.05) is 6.92 Å². The lowest BCUT2D eigenvalue weighted by atomic mass is 10.5. The molecule has 0 spiro atoms. The molecule has 0 radical (unpaired) electrons. The van der Waals surface area contributed by atoms with Gasteiger partial charge >= 0.3 is 0 Å². The van der Waals surface area contributed by atoms with Crippen molar-refractivity contribution in [1.82, 2.24) is 9.36 Å². The maximum absolute atomic E-state index is 4.26. The lowest BCUT2D eigenvalue weighted by Crippen LogP contribution is -2.10. The summed E-state index contributed by atoms with van der Waals surface area (Å²) in [5.41, 5.74) is 0. The van der Waals surface area contributed by atoms with Crippen LogP contribution in [-0.4, -0.2) is 23.5 Å². The molecule has 1 aromatic heterocycles. The molecule has 0 amide bonds. The number of nitrogens with zero attached hydrogens (tertiary/aromatic N) is 3. The number of aryl methyl sites for hydroxylation is 1. The maximum atomic E-state index is 4.26. The smallest absolute Gasteiger partial charge is 0.236 e. The van der Waals surface area contributed by atoms with E-state index >= 15 is 0 Å². The number of rotatable bonds is 2. The van der Waals surface area contributed by atoms with Crippen molar-refractivity contribution in [2.75, 3.05) is 19.0 Å². The third-order valence-electron chi connectivity index (χ3n) is 1.16. The van der Waals surface area contributed by atoms with Crippen LogP contribution in [0, 0.1) is 0 Å². The molecule has 0 aliphatic carbocycles. The van der Waals surface area contributed by atoms with Gasteiger partial charge in [0.15, 0.2) is 0 Å². The predicted octanol–water partition coefficient (Wildman–Crippen LogP) is 1.17. The normalized spacial score (nSPS) is 9.90. The van der Waals surface area contributed by atoms with E-state index in [1.54, 1.807) is 0 Å². The summed E-state index contributed by atoms with van der Waals surface area (Å²) in [4.78, 5) is 6.17. The molecule has 4 heteroatoms. The van der Waals surface area contributed by atoms with E-state index in [-0.39, 0.29) is 0 Å². The first-order valence-corrected chi connectivity index (χ1v) is 4.01. The van der Waals surface area contributed by atoms with E-state index in [1.165, 1.54) is 11.5 Å². The van der Waals surface area contributed by atoms with Gasteiger partial charge in [0.1, 0.15) is 5.01 Å². The molecular formula is C6H11N3S. The van der Waals surface area contributed by atoms with Crippen LogP contribution in [0.25, 0.3) is 0 Å². The lowest BCUT2D eigenvalue weighted by molar-refractivity contribution is 1.01. The highest BCUT2D eigenvalue weighted by Crippen LogP contribution is 2.10. The largest absolute Gasteiger partial charge is 0.346 e. The SMILES string of the molecule is CCc1nc(N(C)C)ns1. The van der Waals surface area contributed by atoms with Gasteiger partial charge in [-0.2, -0.15) is 4.37 Å². The van der Waals surface area contributed by atoms with Gasteiger partial charge in [0.05, 0.1) is 0 Å². The molecule has 3 nitrogen and oxygen atoms in total. The second kappa shape index (κ2) is 2.96. The zero-order valence-electron chi connectivity index (χ0n) is 6.46. The first kappa shape index (κ1) is 7.47. The van der Waals surface area contributed by atoms with Crippen molar-refractivity contribution < 1.29 is 0 Å². The number of hydrogen-bond acceptors (Lipinski definition) is 4. The number of aromatic nitrogens is 2. The minimum Gasteiger partial charge on any atom is -0.346 e. The molecule has 0 N–H and O–H groups in total. The van der Waals surface area contributed by atoms with Crippen molar-refractivity contribution in [1.29, 1.82) is 0 Å². The standard InChI is InChI=1S/C6H11N3S/c1-4-5-7-6(8-10-5)9(2)3/h4H2,1-3H3. The van der Waals surface area contributed by atoms with Crippen LogP contribution in [0.2, 0.25) is 0 Å². The molecule has 0 unspecified atom stereocenters. The van der Waals surface area contributed by atoms with Crippen LogP contribution >= 0.6 is 11.5 Å². The third-order valence-corrected chi connectivity index (χ3v) is 2.01. The van der Waals surface area contributed by atoms with Crippen LogP contribution in [0.1, 0.15) is 11.9 Å². The molecular weight excluding hydrogens is 146 g/mol. The molecule has 10 heavy (non-hydrogen) atoms. The molecule has 0 saturated carbocycles. The summed E-state index contributed by atoms with van der Waals surface area (Å²) in [5.74, 6) is 0.821. The Morgan fingerprint density at radius 1 is 1.50 bits per heavy atom. The Morgan fingerprint density at radius 3 is 2.50 bits per heavy atom. The van der Waals surface area contributed by atoms with Crippen LogP contribution in [0.3, 0.4) is 0 Å². The fraction of sp³-hybridized carbons (Fsp3) is 0.667. The van der Waals surface area contributed by atoms with E-state index in [0.29, 0.717) is 0 Å². The zero-order valence-corrected chi connectivity index (χ0v) is 7.27. The number of hydrogen-bond donors (Lipinski definition) is 0. The van der Waals surface area contributed by atoms with Crippen LogP contribution in [0.4, 0.5) is 5.95 Å². The van der Waals surface area contributed by atoms with Crippen molar-refractivity contribution in [2.24, 2.45) is 0 Å². The summed E-state index contributed by atoms with van der Waals surface area (Å²) in [5, 5.41) is 1.10. The Hall–Kier alpha value is -0.640. The van der Waals surface area contributed by atoms with E-state index in [2.05, 4.69) is 16.3 Å². The monoisotopic (exact) mass is 157 g/mol.